The molecule has 4 heteroatoms. The van der Waals surface area contributed by atoms with Crippen LogP contribution in [0, 0.1) is 11.3 Å². The van der Waals surface area contributed by atoms with Crippen molar-refractivity contribution in [2.24, 2.45) is 11.3 Å². The number of likely N-dealkylation sites (N-methyl/N-ethyl adjacent to an activating group) is 1. The Hall–Kier alpha value is -0.610. The Balaban J connectivity index is 2.51. The minimum atomic E-state index is -0.172. The van der Waals surface area contributed by atoms with Crippen molar-refractivity contribution in [1.29, 1.82) is 0 Å². The first-order valence-electron chi connectivity index (χ1n) is 7.56. The number of hydrogen-bond donors (Lipinski definition) is 2. The van der Waals surface area contributed by atoms with Crippen LogP contribution in [0.2, 0.25) is 0 Å². The molecule has 1 aliphatic heterocycles. The van der Waals surface area contributed by atoms with Crippen molar-refractivity contribution in [3.8, 4) is 0 Å². The van der Waals surface area contributed by atoms with Crippen LogP contribution in [0.15, 0.2) is 0 Å². The number of carbonyl (C=O) groups excluding carboxylic acids is 1. The maximum absolute atomic E-state index is 12.4. The topological polar surface area (TPSA) is 44.4 Å². The van der Waals surface area contributed by atoms with Gasteiger partial charge in [0.25, 0.3) is 0 Å². The summed E-state index contributed by atoms with van der Waals surface area (Å²) in [6.07, 6.45) is 3.00. The van der Waals surface area contributed by atoms with Crippen LogP contribution >= 0.6 is 0 Å². The van der Waals surface area contributed by atoms with Gasteiger partial charge in [0.15, 0.2) is 0 Å². The largest absolute Gasteiger partial charge is 0.354 e. The molecule has 1 saturated heterocycles. The van der Waals surface area contributed by atoms with Crippen molar-refractivity contribution >= 4 is 5.91 Å². The van der Waals surface area contributed by atoms with Crippen LogP contribution in [0.25, 0.3) is 0 Å². The Bertz CT molecular complexity index is 283. The number of amides is 1. The first kappa shape index (κ1) is 16.4. The van der Waals surface area contributed by atoms with Crippen LogP contribution in [-0.4, -0.2) is 50.6 Å². The van der Waals surface area contributed by atoms with E-state index in [1.807, 2.05) is 0 Å². The van der Waals surface area contributed by atoms with Crippen LogP contribution in [-0.2, 0) is 4.79 Å². The lowest BCUT2D eigenvalue weighted by Gasteiger charge is -2.30. The van der Waals surface area contributed by atoms with Gasteiger partial charge in [0, 0.05) is 19.1 Å². The summed E-state index contributed by atoms with van der Waals surface area (Å²) in [5, 5.41) is 6.50. The van der Waals surface area contributed by atoms with Gasteiger partial charge in [-0.15, -0.1) is 0 Å². The van der Waals surface area contributed by atoms with Crippen LogP contribution in [0.5, 0.6) is 0 Å². The predicted molar refractivity (Wildman–Crippen MR) is 80.2 cm³/mol. The second-order valence-electron chi connectivity index (χ2n) is 6.52. The van der Waals surface area contributed by atoms with E-state index in [1.54, 1.807) is 0 Å². The molecule has 2 N–H and O–H groups in total. The molecule has 2 atom stereocenters. The van der Waals surface area contributed by atoms with Crippen LogP contribution in [0.3, 0.4) is 0 Å². The summed E-state index contributed by atoms with van der Waals surface area (Å²) in [5.74, 6) is 0.883. The van der Waals surface area contributed by atoms with Gasteiger partial charge < -0.3 is 15.5 Å². The minimum absolute atomic E-state index is 0.172. The highest BCUT2D eigenvalue weighted by Gasteiger charge is 2.39. The molecule has 0 bridgehead atoms. The van der Waals surface area contributed by atoms with E-state index < -0.39 is 0 Å². The van der Waals surface area contributed by atoms with Crippen molar-refractivity contribution in [3.05, 3.63) is 0 Å². The van der Waals surface area contributed by atoms with Gasteiger partial charge in [0.05, 0.1) is 5.41 Å². The zero-order valence-electron chi connectivity index (χ0n) is 13.3. The van der Waals surface area contributed by atoms with Gasteiger partial charge in [-0.3, -0.25) is 4.79 Å². The molecule has 4 nitrogen and oxygen atoms in total. The van der Waals surface area contributed by atoms with Gasteiger partial charge in [0.1, 0.15) is 0 Å². The number of rotatable bonds is 7. The Morgan fingerprint density at radius 2 is 2.11 bits per heavy atom. The number of carbonyl (C=O) groups is 1. The lowest BCUT2D eigenvalue weighted by Crippen LogP contribution is -2.47. The molecule has 112 valence electrons. The fourth-order valence-electron chi connectivity index (χ4n) is 2.82. The van der Waals surface area contributed by atoms with Crippen LogP contribution in [0.1, 0.15) is 40.0 Å². The second-order valence-corrected chi connectivity index (χ2v) is 6.52. The molecule has 1 fully saturated rings. The highest BCUT2D eigenvalue weighted by Crippen LogP contribution is 2.29. The lowest BCUT2D eigenvalue weighted by atomic mass is 9.83. The molecule has 1 aliphatic rings. The van der Waals surface area contributed by atoms with Gasteiger partial charge in [-0.05, 0) is 45.8 Å². The van der Waals surface area contributed by atoms with E-state index in [9.17, 15) is 4.79 Å². The predicted octanol–water partition coefficient (Wildman–Crippen LogP) is 1.47. The monoisotopic (exact) mass is 269 g/mol. The summed E-state index contributed by atoms with van der Waals surface area (Å²) in [6.45, 7) is 9.12. The third-order valence-electron chi connectivity index (χ3n) is 4.37. The molecule has 0 radical (unpaired) electrons. The molecule has 2 unspecified atom stereocenters. The van der Waals surface area contributed by atoms with E-state index in [2.05, 4.69) is 50.4 Å². The van der Waals surface area contributed by atoms with Crippen molar-refractivity contribution in [3.63, 3.8) is 0 Å². The molecule has 1 rings (SSSR count). The number of hydrogen-bond acceptors (Lipinski definition) is 3. The third kappa shape index (κ3) is 4.46. The van der Waals surface area contributed by atoms with E-state index in [0.717, 1.165) is 38.9 Å². The molecule has 1 heterocycles. The maximum Gasteiger partial charge on any atom is 0.227 e. The molecule has 1 amide bonds. The van der Waals surface area contributed by atoms with Crippen molar-refractivity contribution in [2.75, 3.05) is 33.7 Å². The highest BCUT2D eigenvalue weighted by atomic mass is 16.2. The number of nitrogens with zero attached hydrogens (tertiary/aromatic N) is 1. The van der Waals surface area contributed by atoms with E-state index in [4.69, 9.17) is 0 Å². The van der Waals surface area contributed by atoms with Gasteiger partial charge >= 0.3 is 0 Å². The Kier molecular flexibility index (Phi) is 6.27. The third-order valence-corrected chi connectivity index (χ3v) is 4.37. The molecular weight excluding hydrogens is 238 g/mol. The molecule has 0 saturated carbocycles. The molecule has 0 aromatic rings. The molecule has 0 spiro atoms. The smallest absolute Gasteiger partial charge is 0.227 e. The van der Waals surface area contributed by atoms with Crippen molar-refractivity contribution in [2.45, 2.75) is 46.1 Å². The van der Waals surface area contributed by atoms with Gasteiger partial charge in [-0.2, -0.15) is 0 Å². The molecule has 0 aromatic carbocycles. The van der Waals surface area contributed by atoms with E-state index in [0.29, 0.717) is 12.0 Å². The Morgan fingerprint density at radius 3 is 2.53 bits per heavy atom. The quantitative estimate of drug-likeness (QED) is 0.735. The summed E-state index contributed by atoms with van der Waals surface area (Å²) >= 11 is 0. The van der Waals surface area contributed by atoms with Crippen LogP contribution < -0.4 is 10.6 Å². The zero-order chi connectivity index (χ0) is 14.5. The SMILES string of the molecule is CCC1(C(=O)NCC(CC(C)C)N(C)C)CCNC1. The van der Waals surface area contributed by atoms with Gasteiger partial charge in [0.2, 0.25) is 5.91 Å². The lowest BCUT2D eigenvalue weighted by molar-refractivity contribution is -0.130. The fraction of sp³-hybridized carbons (Fsp3) is 0.933. The molecule has 0 aliphatic carbocycles. The van der Waals surface area contributed by atoms with E-state index >= 15 is 0 Å². The maximum atomic E-state index is 12.4. The van der Waals surface area contributed by atoms with E-state index in [-0.39, 0.29) is 11.3 Å². The van der Waals surface area contributed by atoms with Crippen LogP contribution in [0.4, 0.5) is 0 Å². The normalized spacial score (nSPS) is 25.0. The first-order valence-corrected chi connectivity index (χ1v) is 7.56. The molecule has 0 aromatic heterocycles. The summed E-state index contributed by atoms with van der Waals surface area (Å²) in [5.41, 5.74) is -0.172. The number of nitrogens with one attached hydrogen (secondary N) is 2. The van der Waals surface area contributed by atoms with Gasteiger partial charge in [-0.1, -0.05) is 20.8 Å². The fourth-order valence-corrected chi connectivity index (χ4v) is 2.82. The van der Waals surface area contributed by atoms with Gasteiger partial charge in [-0.25, -0.2) is 0 Å². The standard InChI is InChI=1S/C15H31N3O/c1-6-15(7-8-16-11-15)14(19)17-10-13(18(4)5)9-12(2)3/h12-13,16H,6-11H2,1-5H3,(H,17,19). The summed E-state index contributed by atoms with van der Waals surface area (Å²) in [4.78, 5) is 14.7. The zero-order valence-corrected chi connectivity index (χ0v) is 13.3. The van der Waals surface area contributed by atoms with Crippen molar-refractivity contribution in [1.82, 2.24) is 15.5 Å². The summed E-state index contributed by atoms with van der Waals surface area (Å²) < 4.78 is 0. The second kappa shape index (κ2) is 7.25. The minimum Gasteiger partial charge on any atom is -0.354 e. The Morgan fingerprint density at radius 1 is 1.42 bits per heavy atom. The molecule has 19 heavy (non-hydrogen) atoms. The average molecular weight is 269 g/mol. The van der Waals surface area contributed by atoms with Crippen molar-refractivity contribution < 1.29 is 4.79 Å². The summed E-state index contributed by atoms with van der Waals surface area (Å²) in [6, 6.07) is 0.423. The average Bonchev–Trinajstić information content (AvgIpc) is 2.83. The Labute approximate surface area is 118 Å². The van der Waals surface area contributed by atoms with E-state index in [1.165, 1.54) is 0 Å². The first-order chi connectivity index (χ1) is 8.91. The molecular formula is C15H31N3O. The summed E-state index contributed by atoms with van der Waals surface area (Å²) in [7, 11) is 4.18. The highest BCUT2D eigenvalue weighted by molar-refractivity contribution is 5.83.